The monoisotopic (exact) mass is 461 g/mol. The third-order valence-electron chi connectivity index (χ3n) is 9.12. The van der Waals surface area contributed by atoms with Gasteiger partial charge in [-0.05, 0) is 48.3 Å². The van der Waals surface area contributed by atoms with Crippen molar-refractivity contribution < 1.29 is 19.2 Å². The van der Waals surface area contributed by atoms with E-state index in [-0.39, 0.29) is 52.7 Å². The van der Waals surface area contributed by atoms with Gasteiger partial charge in [0.2, 0.25) is 23.6 Å². The van der Waals surface area contributed by atoms with Crippen molar-refractivity contribution in [3.05, 3.63) is 0 Å². The summed E-state index contributed by atoms with van der Waals surface area (Å²) in [5, 5.41) is 5.53. The van der Waals surface area contributed by atoms with Gasteiger partial charge in [-0.15, -0.1) is 0 Å². The van der Waals surface area contributed by atoms with Gasteiger partial charge in [-0.1, -0.05) is 40.0 Å². The number of hydrogen-bond donors (Lipinski definition) is 4. The van der Waals surface area contributed by atoms with Crippen molar-refractivity contribution in [3.63, 3.8) is 0 Å². The van der Waals surface area contributed by atoms with Gasteiger partial charge in [-0.2, -0.15) is 0 Å². The van der Waals surface area contributed by atoms with Crippen LogP contribution < -0.4 is 22.1 Å². The molecule has 33 heavy (non-hydrogen) atoms. The Hall–Kier alpha value is -2.16. The molecule has 0 radical (unpaired) electrons. The van der Waals surface area contributed by atoms with Gasteiger partial charge in [-0.3, -0.25) is 19.2 Å². The number of likely N-dealkylation sites (tertiary alicyclic amines) is 1. The molecule has 0 bridgehead atoms. The van der Waals surface area contributed by atoms with Gasteiger partial charge in [0.25, 0.3) is 0 Å². The molecule has 4 aliphatic rings. The lowest BCUT2D eigenvalue weighted by Crippen LogP contribution is -2.59. The molecule has 0 aromatic heterocycles. The number of amides is 4. The Morgan fingerprint density at radius 1 is 1.18 bits per heavy atom. The number of nitrogens with one attached hydrogen (secondary N) is 2. The maximum Gasteiger partial charge on any atom is 0.243 e. The van der Waals surface area contributed by atoms with Crippen LogP contribution in [0.2, 0.25) is 0 Å². The molecule has 4 rings (SSSR count). The lowest BCUT2D eigenvalue weighted by atomic mass is 9.70. The summed E-state index contributed by atoms with van der Waals surface area (Å²) < 4.78 is 0. The highest BCUT2D eigenvalue weighted by Gasteiger charge is 2.69. The number of hydrogen-bond acceptors (Lipinski definition) is 5. The minimum atomic E-state index is -0.950. The standard InChI is InChI=1S/C24H39N5O4/c1-23(2)14-12-29(22(33)18(25)24(3)8-5-4-6-9-24)17(16(14)23)21(32)28-15(19(26)30)11-13-7-10-27-20(13)31/h13-18H,4-12,25H2,1-3H3,(H2,26,30)(H,27,31)(H,28,32)/t13-,14-,15-,16-,17-,18+/m0/s1. The molecule has 0 spiro atoms. The van der Waals surface area contributed by atoms with Crippen LogP contribution in [-0.4, -0.2) is 59.7 Å². The van der Waals surface area contributed by atoms with Crippen LogP contribution in [0.25, 0.3) is 0 Å². The lowest BCUT2D eigenvalue weighted by Gasteiger charge is -2.41. The number of fused-ring (bicyclic) bond motifs is 1. The summed E-state index contributed by atoms with van der Waals surface area (Å²) in [5.41, 5.74) is 11.8. The van der Waals surface area contributed by atoms with Crippen molar-refractivity contribution in [2.45, 2.75) is 83.8 Å². The van der Waals surface area contributed by atoms with E-state index in [1.807, 2.05) is 0 Å². The quantitative estimate of drug-likeness (QED) is 0.429. The second-order valence-electron chi connectivity index (χ2n) is 11.6. The van der Waals surface area contributed by atoms with E-state index in [1.165, 1.54) is 0 Å². The Morgan fingerprint density at radius 2 is 1.85 bits per heavy atom. The fraction of sp³-hybridized carbons (Fsp3) is 0.833. The highest BCUT2D eigenvalue weighted by atomic mass is 16.2. The summed E-state index contributed by atoms with van der Waals surface area (Å²) in [4.78, 5) is 52.8. The Balaban J connectivity index is 1.50. The van der Waals surface area contributed by atoms with Crippen molar-refractivity contribution in [1.82, 2.24) is 15.5 Å². The molecule has 2 aliphatic carbocycles. The van der Waals surface area contributed by atoms with Crippen molar-refractivity contribution in [2.75, 3.05) is 13.1 Å². The number of nitrogens with zero attached hydrogens (tertiary/aromatic N) is 1. The Kier molecular flexibility index (Phi) is 6.22. The van der Waals surface area contributed by atoms with Gasteiger partial charge < -0.3 is 27.0 Å². The minimum Gasteiger partial charge on any atom is -0.368 e. The SMILES string of the molecule is CC1([C@H](N)C(=O)N2C[C@H]3[C@@H]([C@H]2C(=O)N[C@@H](C[C@@H]2CCNC2=O)C(N)=O)C3(C)C)CCCCC1. The first-order valence-electron chi connectivity index (χ1n) is 12.4. The first kappa shape index (κ1) is 24.0. The number of rotatable bonds is 7. The number of nitrogens with two attached hydrogens (primary N) is 2. The fourth-order valence-corrected chi connectivity index (χ4v) is 6.62. The second-order valence-corrected chi connectivity index (χ2v) is 11.6. The highest BCUT2D eigenvalue weighted by Crippen LogP contribution is 2.65. The summed E-state index contributed by atoms with van der Waals surface area (Å²) in [6, 6.07) is -2.27. The lowest BCUT2D eigenvalue weighted by molar-refractivity contribution is -0.144. The number of carbonyl (C=O) groups excluding carboxylic acids is 4. The first-order valence-corrected chi connectivity index (χ1v) is 12.4. The molecule has 2 aliphatic heterocycles. The molecular weight excluding hydrogens is 422 g/mol. The number of primary amides is 1. The van der Waals surface area contributed by atoms with Crippen LogP contribution in [0.4, 0.5) is 0 Å². The normalized spacial score (nSPS) is 33.6. The summed E-state index contributed by atoms with van der Waals surface area (Å²) in [6.45, 7) is 7.37. The molecule has 2 heterocycles. The molecule has 0 aromatic rings. The van der Waals surface area contributed by atoms with E-state index < -0.39 is 24.0 Å². The van der Waals surface area contributed by atoms with Crippen LogP contribution in [0.15, 0.2) is 0 Å². The van der Waals surface area contributed by atoms with Gasteiger partial charge in [0, 0.05) is 19.0 Å². The van der Waals surface area contributed by atoms with E-state index in [1.54, 1.807) is 4.90 Å². The van der Waals surface area contributed by atoms with Crippen molar-refractivity contribution in [2.24, 2.45) is 40.1 Å². The van der Waals surface area contributed by atoms with E-state index in [4.69, 9.17) is 11.5 Å². The molecule has 0 aromatic carbocycles. The van der Waals surface area contributed by atoms with Gasteiger partial charge in [0.15, 0.2) is 0 Å². The summed E-state index contributed by atoms with van der Waals surface area (Å²) in [6.07, 6.45) is 5.90. The fourth-order valence-electron chi connectivity index (χ4n) is 6.62. The summed E-state index contributed by atoms with van der Waals surface area (Å²) in [5.74, 6) is -1.43. The van der Waals surface area contributed by atoms with E-state index in [0.717, 1.165) is 32.1 Å². The van der Waals surface area contributed by atoms with Crippen LogP contribution in [0.5, 0.6) is 0 Å². The zero-order valence-corrected chi connectivity index (χ0v) is 20.1. The number of piperidine rings is 1. The molecule has 2 saturated heterocycles. The average Bonchev–Trinajstić information content (AvgIpc) is 3.13. The third-order valence-corrected chi connectivity index (χ3v) is 9.12. The maximum atomic E-state index is 13.6. The largest absolute Gasteiger partial charge is 0.368 e. The van der Waals surface area contributed by atoms with Crippen LogP contribution in [-0.2, 0) is 19.2 Å². The summed E-state index contributed by atoms with van der Waals surface area (Å²) in [7, 11) is 0. The van der Waals surface area contributed by atoms with Crippen molar-refractivity contribution in [3.8, 4) is 0 Å². The van der Waals surface area contributed by atoms with Crippen molar-refractivity contribution >= 4 is 23.6 Å². The molecule has 0 unspecified atom stereocenters. The number of carbonyl (C=O) groups is 4. The predicted octanol–water partition coefficient (Wildman–Crippen LogP) is 0.263. The molecule has 9 nitrogen and oxygen atoms in total. The maximum absolute atomic E-state index is 13.6. The molecule has 2 saturated carbocycles. The Morgan fingerprint density at radius 3 is 2.42 bits per heavy atom. The topological polar surface area (TPSA) is 148 Å². The van der Waals surface area contributed by atoms with E-state index in [2.05, 4.69) is 31.4 Å². The zero-order valence-electron chi connectivity index (χ0n) is 20.1. The molecule has 6 N–H and O–H groups in total. The van der Waals surface area contributed by atoms with Crippen molar-refractivity contribution in [1.29, 1.82) is 0 Å². The molecule has 4 amide bonds. The van der Waals surface area contributed by atoms with Gasteiger partial charge >= 0.3 is 0 Å². The van der Waals surface area contributed by atoms with Gasteiger partial charge in [-0.25, -0.2) is 0 Å². The zero-order chi connectivity index (χ0) is 24.1. The minimum absolute atomic E-state index is 0.0242. The van der Waals surface area contributed by atoms with Gasteiger partial charge in [0.05, 0.1) is 6.04 Å². The molecule has 4 fully saturated rings. The molecule has 6 atom stereocenters. The molecular formula is C24H39N5O4. The van der Waals surface area contributed by atoms with Crippen LogP contribution in [0, 0.1) is 28.6 Å². The Labute approximate surface area is 195 Å². The van der Waals surface area contributed by atoms with Crippen LogP contribution in [0.1, 0.15) is 65.7 Å². The van der Waals surface area contributed by atoms with Crippen LogP contribution >= 0.6 is 0 Å². The molecule has 184 valence electrons. The summed E-state index contributed by atoms with van der Waals surface area (Å²) >= 11 is 0. The molecule has 9 heteroatoms. The van der Waals surface area contributed by atoms with Gasteiger partial charge in [0.1, 0.15) is 12.1 Å². The second kappa shape index (κ2) is 8.56. The Bertz CT molecular complexity index is 837. The third kappa shape index (κ3) is 4.24. The van der Waals surface area contributed by atoms with E-state index in [9.17, 15) is 19.2 Å². The smallest absolute Gasteiger partial charge is 0.243 e. The average molecular weight is 462 g/mol. The predicted molar refractivity (Wildman–Crippen MR) is 122 cm³/mol. The van der Waals surface area contributed by atoms with Crippen LogP contribution in [0.3, 0.4) is 0 Å². The van der Waals surface area contributed by atoms with E-state index in [0.29, 0.717) is 19.5 Å². The first-order chi connectivity index (χ1) is 15.5. The highest BCUT2D eigenvalue weighted by molar-refractivity contribution is 5.94. The van der Waals surface area contributed by atoms with E-state index >= 15 is 0 Å².